The molecular weight excluding hydrogens is 397 g/mol. The van der Waals surface area contributed by atoms with E-state index in [2.05, 4.69) is 11.2 Å². The van der Waals surface area contributed by atoms with Crippen LogP contribution in [0.3, 0.4) is 0 Å². The van der Waals surface area contributed by atoms with Crippen LogP contribution in [0.2, 0.25) is 0 Å². The summed E-state index contributed by atoms with van der Waals surface area (Å²) >= 11 is 0. The fourth-order valence-electron chi connectivity index (χ4n) is 0.838. The largest absolute Gasteiger partial charge is 0.419 e. The minimum atomic E-state index is -4.96. The Bertz CT molecular complexity index is 731. The Kier molecular flexibility index (Phi) is 1.97. The predicted octanol–water partition coefficient (Wildman–Crippen LogP) is 2.69. The van der Waals surface area contributed by atoms with Crippen LogP contribution in [0.15, 0.2) is 36.5 Å². The van der Waals surface area contributed by atoms with Gasteiger partial charge in [-0.1, -0.05) is 0 Å². The number of aromatic nitrogens is 2. The quantitative estimate of drug-likeness (QED) is 0.663. The topological polar surface area (TPSA) is 17.8 Å². The minimum Gasteiger partial charge on any atom is -0.265 e. The van der Waals surface area contributed by atoms with Crippen LogP contribution in [0.1, 0.15) is 13.8 Å². The molecular formula is C10H6F3IrN2-. The zero-order chi connectivity index (χ0) is 16.1. The summed E-state index contributed by atoms with van der Waals surface area (Å²) in [7, 11) is 0. The summed E-state index contributed by atoms with van der Waals surface area (Å²) < 4.78 is 82.8. The number of alkyl halides is 3. The maximum atomic E-state index is 12.7. The number of para-hydroxylation sites is 1. The molecule has 87 valence electrons. The molecule has 1 aromatic heterocycles. The fraction of sp³-hybridized carbons (Fsp3) is 0.100. The Balaban J connectivity index is 0.00000242. The second-order valence-electron chi connectivity index (χ2n) is 2.48. The van der Waals surface area contributed by atoms with Crippen molar-refractivity contribution in [2.24, 2.45) is 0 Å². The zero-order valence-electron chi connectivity index (χ0n) is 13.4. The van der Waals surface area contributed by atoms with Gasteiger partial charge in [-0.05, 0) is 8.43 Å². The molecule has 0 aliphatic heterocycles. The minimum absolute atomic E-state index is 0. The van der Waals surface area contributed by atoms with Gasteiger partial charge >= 0.3 is 6.18 Å². The van der Waals surface area contributed by atoms with Crippen molar-refractivity contribution in [1.29, 1.82) is 0 Å². The van der Waals surface area contributed by atoms with Gasteiger partial charge in [-0.25, -0.2) is 0 Å². The number of nitrogens with zero attached hydrogens (tertiary/aromatic N) is 2. The molecule has 0 atom stereocenters. The van der Waals surface area contributed by atoms with Gasteiger partial charge in [0.1, 0.15) is 0 Å². The van der Waals surface area contributed by atoms with Crippen LogP contribution in [-0.2, 0) is 26.3 Å². The zero-order valence-corrected chi connectivity index (χ0v) is 9.76. The standard InChI is InChI=1S/C10H6F3N2.Ir/c11-10(12,13)8-6-14-15(7-8)9-4-2-1-3-5-9;/h1-4,6-7H;/q-1;/i1D,2D,3D,4D,6D,7D;. The smallest absolute Gasteiger partial charge is 0.265 e. The first kappa shape index (κ1) is 6.57. The van der Waals surface area contributed by atoms with Crippen molar-refractivity contribution in [1.82, 2.24) is 9.78 Å². The van der Waals surface area contributed by atoms with Crippen LogP contribution in [0.25, 0.3) is 5.69 Å². The summed E-state index contributed by atoms with van der Waals surface area (Å²) in [4.78, 5) is 0. The van der Waals surface area contributed by atoms with Crippen molar-refractivity contribution in [3.8, 4) is 5.69 Å². The molecule has 1 radical (unpaired) electrons. The summed E-state index contributed by atoms with van der Waals surface area (Å²) in [5.41, 5.74) is -2.13. The van der Waals surface area contributed by atoms with Crippen molar-refractivity contribution >= 4 is 0 Å². The SMILES string of the molecule is [2H]c1[c-]c(-n2nc([2H])c(C(F)(F)F)c2[2H])c([2H])c([2H])c1[2H].[Ir]. The van der Waals surface area contributed by atoms with E-state index in [1.165, 1.54) is 0 Å². The molecule has 1 aromatic carbocycles. The van der Waals surface area contributed by atoms with Gasteiger partial charge in [-0.3, -0.25) is 4.68 Å². The first-order valence-electron chi connectivity index (χ1n) is 6.69. The molecule has 0 fully saturated rings. The van der Waals surface area contributed by atoms with Crippen molar-refractivity contribution < 1.29 is 41.5 Å². The van der Waals surface area contributed by atoms with E-state index < -0.39 is 53.9 Å². The number of halogens is 3. The van der Waals surface area contributed by atoms with Gasteiger partial charge in [0.2, 0.25) is 0 Å². The number of benzene rings is 1. The first-order valence-corrected chi connectivity index (χ1v) is 3.69. The third-order valence-electron chi connectivity index (χ3n) is 1.46. The van der Waals surface area contributed by atoms with E-state index in [0.29, 0.717) is 4.68 Å². The van der Waals surface area contributed by atoms with Gasteiger partial charge in [-0.2, -0.15) is 42.5 Å². The van der Waals surface area contributed by atoms with Crippen molar-refractivity contribution in [3.63, 3.8) is 0 Å². The van der Waals surface area contributed by atoms with E-state index >= 15 is 0 Å². The molecule has 16 heavy (non-hydrogen) atoms. The third kappa shape index (κ3) is 2.71. The molecule has 0 aliphatic rings. The number of hydrogen-bond donors (Lipinski definition) is 0. The van der Waals surface area contributed by atoms with Crippen molar-refractivity contribution in [2.45, 2.75) is 6.18 Å². The maximum absolute atomic E-state index is 12.7. The van der Waals surface area contributed by atoms with Gasteiger partial charge in [0.15, 0.2) is 0 Å². The Labute approximate surface area is 112 Å². The van der Waals surface area contributed by atoms with Crippen LogP contribution in [0, 0.1) is 6.07 Å². The van der Waals surface area contributed by atoms with E-state index in [1.807, 2.05) is 0 Å². The van der Waals surface area contributed by atoms with Crippen molar-refractivity contribution in [2.75, 3.05) is 0 Å². The van der Waals surface area contributed by atoms with Gasteiger partial charge in [0.25, 0.3) is 0 Å². The number of rotatable bonds is 1. The van der Waals surface area contributed by atoms with E-state index in [1.54, 1.807) is 0 Å². The average Bonchev–Trinajstić information content (AvgIpc) is 2.66. The van der Waals surface area contributed by atoms with Crippen molar-refractivity contribution in [3.05, 3.63) is 48.1 Å². The van der Waals surface area contributed by atoms with Gasteiger partial charge in [0.05, 0.1) is 14.5 Å². The molecule has 0 N–H and O–H groups in total. The second kappa shape index (κ2) is 4.80. The molecule has 2 nitrogen and oxygen atoms in total. The Morgan fingerprint density at radius 1 is 1.38 bits per heavy atom. The predicted molar refractivity (Wildman–Crippen MR) is 47.4 cm³/mol. The first-order chi connectivity index (χ1) is 9.55. The van der Waals surface area contributed by atoms with E-state index in [9.17, 15) is 13.2 Å². The van der Waals surface area contributed by atoms with Gasteiger partial charge in [0, 0.05) is 29.0 Å². The Morgan fingerprint density at radius 2 is 2.12 bits per heavy atom. The van der Waals surface area contributed by atoms with Crippen LogP contribution in [0.5, 0.6) is 0 Å². The third-order valence-corrected chi connectivity index (χ3v) is 1.46. The molecule has 0 unspecified atom stereocenters. The van der Waals surface area contributed by atoms with E-state index in [-0.39, 0.29) is 20.1 Å². The molecule has 1 heterocycles. The summed E-state index contributed by atoms with van der Waals surface area (Å²) in [6.07, 6.45) is -7.35. The molecule has 0 saturated heterocycles. The summed E-state index contributed by atoms with van der Waals surface area (Å²) in [6, 6.07) is -0.467. The second-order valence-corrected chi connectivity index (χ2v) is 2.48. The molecule has 0 aliphatic carbocycles. The molecule has 2 rings (SSSR count). The maximum Gasteiger partial charge on any atom is 0.419 e. The average molecular weight is 409 g/mol. The molecule has 0 bridgehead atoms. The van der Waals surface area contributed by atoms with Crippen LogP contribution >= 0.6 is 0 Å². The molecule has 2 aromatic rings. The van der Waals surface area contributed by atoms with E-state index in [0.717, 1.165) is 0 Å². The molecule has 0 amide bonds. The van der Waals surface area contributed by atoms with Crippen LogP contribution in [0.4, 0.5) is 13.2 Å². The van der Waals surface area contributed by atoms with Crippen LogP contribution < -0.4 is 0 Å². The Hall–Kier alpha value is -1.13. The van der Waals surface area contributed by atoms with Gasteiger partial charge < -0.3 is 0 Å². The monoisotopic (exact) mass is 410 g/mol. The van der Waals surface area contributed by atoms with Gasteiger partial charge in [-0.15, -0.1) is 6.04 Å². The van der Waals surface area contributed by atoms with Crippen LogP contribution in [-0.4, -0.2) is 9.78 Å². The Morgan fingerprint density at radius 3 is 2.75 bits per heavy atom. The number of hydrogen-bond acceptors (Lipinski definition) is 1. The molecule has 6 heteroatoms. The molecule has 0 saturated carbocycles. The van der Waals surface area contributed by atoms with E-state index in [4.69, 9.17) is 8.22 Å². The summed E-state index contributed by atoms with van der Waals surface area (Å²) in [5, 5.41) is 3.22. The summed E-state index contributed by atoms with van der Waals surface area (Å²) in [5.74, 6) is 0. The fourth-order valence-corrected chi connectivity index (χ4v) is 0.838. The molecule has 0 spiro atoms. The summed E-state index contributed by atoms with van der Waals surface area (Å²) in [6.45, 7) is 0. The normalized spacial score (nSPS) is 16.2.